The Labute approximate surface area is 180 Å². The Bertz CT molecular complexity index is 1170. The van der Waals surface area contributed by atoms with Gasteiger partial charge in [-0.05, 0) is 78.1 Å². The van der Waals surface area contributed by atoms with Crippen LogP contribution in [0.5, 0.6) is 11.5 Å². The van der Waals surface area contributed by atoms with Gasteiger partial charge in [0.1, 0.15) is 11.5 Å². The summed E-state index contributed by atoms with van der Waals surface area (Å²) >= 11 is 1.52. The molecule has 0 fully saturated rings. The van der Waals surface area contributed by atoms with Gasteiger partial charge in [0, 0.05) is 4.88 Å². The van der Waals surface area contributed by atoms with Crippen molar-refractivity contribution in [1.29, 1.82) is 0 Å². The number of nitrogens with one attached hydrogen (secondary N) is 1. The summed E-state index contributed by atoms with van der Waals surface area (Å²) in [6, 6.07) is 30.1. The molecule has 1 aliphatic rings. The summed E-state index contributed by atoms with van der Waals surface area (Å²) in [4.78, 5) is 14.6. The Balaban J connectivity index is 1.27. The number of aryl methyl sites for hydroxylation is 1. The molecule has 1 aromatic heterocycles. The zero-order valence-corrected chi connectivity index (χ0v) is 17.2. The van der Waals surface area contributed by atoms with Gasteiger partial charge >= 0.3 is 0 Å². The maximum atomic E-state index is 12.8. The van der Waals surface area contributed by atoms with E-state index in [1.807, 2.05) is 72.8 Å². The second-order valence-corrected chi connectivity index (χ2v) is 8.45. The fraction of sp³-hybridized carbons (Fsp3) is 0.115. The molecule has 3 nitrogen and oxygen atoms in total. The van der Waals surface area contributed by atoms with E-state index in [9.17, 15) is 4.79 Å². The van der Waals surface area contributed by atoms with Gasteiger partial charge in [-0.2, -0.15) is 0 Å². The molecular formula is C26H21NO2S. The lowest BCUT2D eigenvalue weighted by Crippen LogP contribution is -2.26. The number of hydrogen-bond donors (Lipinski definition) is 1. The fourth-order valence-electron chi connectivity index (χ4n) is 3.86. The van der Waals surface area contributed by atoms with Gasteiger partial charge in [0.2, 0.25) is 0 Å². The largest absolute Gasteiger partial charge is 0.457 e. The summed E-state index contributed by atoms with van der Waals surface area (Å²) in [7, 11) is 0. The second-order valence-electron chi connectivity index (χ2n) is 7.37. The van der Waals surface area contributed by atoms with Crippen LogP contribution in [0.4, 0.5) is 0 Å². The number of ether oxygens (including phenoxy) is 1. The summed E-state index contributed by atoms with van der Waals surface area (Å²) in [5.41, 5.74) is 3.66. The lowest BCUT2D eigenvalue weighted by Gasteiger charge is -2.13. The minimum absolute atomic E-state index is 0.00279. The summed E-state index contributed by atoms with van der Waals surface area (Å²) in [6.45, 7) is 0. The molecule has 0 bridgehead atoms. The zero-order valence-electron chi connectivity index (χ0n) is 16.4. The Kier molecular flexibility index (Phi) is 5.08. The predicted octanol–water partition coefficient (Wildman–Crippen LogP) is 6.62. The average molecular weight is 412 g/mol. The smallest absolute Gasteiger partial charge is 0.261 e. The van der Waals surface area contributed by atoms with Crippen LogP contribution in [-0.4, -0.2) is 5.91 Å². The third-order valence-corrected chi connectivity index (χ3v) is 6.52. The van der Waals surface area contributed by atoms with E-state index in [1.165, 1.54) is 22.5 Å². The lowest BCUT2D eigenvalue weighted by molar-refractivity contribution is 0.0941. The summed E-state index contributed by atoms with van der Waals surface area (Å²) in [5, 5.41) is 3.20. The minimum atomic E-state index is -0.00279. The molecule has 1 unspecified atom stereocenters. The van der Waals surface area contributed by atoms with Gasteiger partial charge in [0.15, 0.2) is 0 Å². The van der Waals surface area contributed by atoms with Crippen LogP contribution in [-0.2, 0) is 6.42 Å². The third kappa shape index (κ3) is 3.87. The number of hydrogen-bond acceptors (Lipinski definition) is 3. The van der Waals surface area contributed by atoms with E-state index in [0.29, 0.717) is 0 Å². The number of para-hydroxylation sites is 1. The number of thiophene rings is 1. The molecule has 0 spiro atoms. The molecular weight excluding hydrogens is 390 g/mol. The van der Waals surface area contributed by atoms with E-state index in [0.717, 1.165) is 39.7 Å². The molecule has 5 rings (SSSR count). The quantitative estimate of drug-likeness (QED) is 0.400. The van der Waals surface area contributed by atoms with Crippen LogP contribution < -0.4 is 10.1 Å². The van der Waals surface area contributed by atoms with Gasteiger partial charge in [0.05, 0.1) is 10.9 Å². The van der Waals surface area contributed by atoms with Crippen molar-refractivity contribution in [1.82, 2.24) is 5.32 Å². The van der Waals surface area contributed by atoms with Crippen LogP contribution in [0.25, 0.3) is 10.4 Å². The van der Waals surface area contributed by atoms with E-state index in [4.69, 9.17) is 4.74 Å². The number of carbonyl (C=O) groups is 1. The lowest BCUT2D eigenvalue weighted by atomic mass is 10.1. The number of rotatable bonds is 5. The van der Waals surface area contributed by atoms with Crippen LogP contribution in [0, 0.1) is 0 Å². The number of fused-ring (bicyclic) bond motifs is 1. The fourth-order valence-corrected chi connectivity index (χ4v) is 4.78. The molecule has 0 aliphatic heterocycles. The monoisotopic (exact) mass is 411 g/mol. The predicted molar refractivity (Wildman–Crippen MR) is 121 cm³/mol. The zero-order chi connectivity index (χ0) is 20.3. The first-order valence-corrected chi connectivity index (χ1v) is 10.9. The van der Waals surface area contributed by atoms with Crippen molar-refractivity contribution in [2.75, 3.05) is 0 Å². The highest BCUT2D eigenvalue weighted by Crippen LogP contribution is 2.33. The van der Waals surface area contributed by atoms with Crippen LogP contribution in [0.15, 0.2) is 91.0 Å². The minimum Gasteiger partial charge on any atom is -0.457 e. The number of amides is 1. The molecule has 0 saturated heterocycles. The molecule has 1 amide bonds. The van der Waals surface area contributed by atoms with Gasteiger partial charge < -0.3 is 10.1 Å². The van der Waals surface area contributed by atoms with E-state index in [2.05, 4.69) is 23.5 Å². The Morgan fingerprint density at radius 2 is 1.57 bits per heavy atom. The van der Waals surface area contributed by atoms with Crippen molar-refractivity contribution in [2.45, 2.75) is 18.9 Å². The molecule has 4 aromatic rings. The first kappa shape index (κ1) is 18.6. The summed E-state index contributed by atoms with van der Waals surface area (Å²) in [6.07, 6.45) is 1.99. The highest BCUT2D eigenvalue weighted by molar-refractivity contribution is 7.17. The molecule has 3 aromatic carbocycles. The SMILES string of the molecule is O=C(NC1CCc2ccccc21)c1ccc(-c2ccc(Oc3ccccc3)cc2)s1. The molecule has 1 aliphatic carbocycles. The summed E-state index contributed by atoms with van der Waals surface area (Å²) in [5.74, 6) is 1.60. The first-order chi connectivity index (χ1) is 14.8. The normalized spacial score (nSPS) is 14.9. The molecule has 1 heterocycles. The Morgan fingerprint density at radius 3 is 2.40 bits per heavy atom. The molecule has 1 atom stereocenters. The van der Waals surface area contributed by atoms with Crippen molar-refractivity contribution < 1.29 is 9.53 Å². The van der Waals surface area contributed by atoms with E-state index < -0.39 is 0 Å². The summed E-state index contributed by atoms with van der Waals surface area (Å²) < 4.78 is 5.85. The van der Waals surface area contributed by atoms with E-state index in [-0.39, 0.29) is 11.9 Å². The Hall–Kier alpha value is -3.37. The molecule has 30 heavy (non-hydrogen) atoms. The van der Waals surface area contributed by atoms with Crippen LogP contribution in [0.1, 0.15) is 33.3 Å². The first-order valence-electron chi connectivity index (χ1n) is 10.1. The van der Waals surface area contributed by atoms with Gasteiger partial charge in [-0.15, -0.1) is 11.3 Å². The van der Waals surface area contributed by atoms with Crippen molar-refractivity contribution >= 4 is 17.2 Å². The highest BCUT2D eigenvalue weighted by Gasteiger charge is 2.24. The van der Waals surface area contributed by atoms with Crippen molar-refractivity contribution in [2.24, 2.45) is 0 Å². The number of benzene rings is 3. The average Bonchev–Trinajstić information content (AvgIpc) is 3.43. The van der Waals surface area contributed by atoms with Gasteiger partial charge in [-0.25, -0.2) is 0 Å². The van der Waals surface area contributed by atoms with Gasteiger partial charge in [-0.1, -0.05) is 42.5 Å². The van der Waals surface area contributed by atoms with Gasteiger partial charge in [0.25, 0.3) is 5.91 Å². The molecule has 1 N–H and O–H groups in total. The third-order valence-electron chi connectivity index (χ3n) is 5.39. The maximum Gasteiger partial charge on any atom is 0.261 e. The van der Waals surface area contributed by atoms with Crippen LogP contribution in [0.3, 0.4) is 0 Å². The van der Waals surface area contributed by atoms with E-state index >= 15 is 0 Å². The van der Waals surface area contributed by atoms with E-state index in [1.54, 1.807) is 0 Å². The second kappa shape index (κ2) is 8.17. The topological polar surface area (TPSA) is 38.3 Å². The maximum absolute atomic E-state index is 12.8. The molecule has 0 radical (unpaired) electrons. The van der Waals surface area contributed by atoms with Crippen molar-refractivity contribution in [3.8, 4) is 21.9 Å². The van der Waals surface area contributed by atoms with Gasteiger partial charge in [-0.3, -0.25) is 4.79 Å². The molecule has 4 heteroatoms. The molecule has 148 valence electrons. The van der Waals surface area contributed by atoms with Crippen molar-refractivity contribution in [3.63, 3.8) is 0 Å². The Morgan fingerprint density at radius 1 is 0.833 bits per heavy atom. The van der Waals surface area contributed by atoms with Crippen LogP contribution in [0.2, 0.25) is 0 Å². The highest BCUT2D eigenvalue weighted by atomic mass is 32.1. The van der Waals surface area contributed by atoms with Crippen LogP contribution >= 0.6 is 11.3 Å². The standard InChI is InChI=1S/C26H21NO2S/c28-26(27-23-15-12-18-6-4-5-9-22(18)23)25-17-16-24(30-25)19-10-13-21(14-11-19)29-20-7-2-1-3-8-20/h1-11,13-14,16-17,23H,12,15H2,(H,27,28). The van der Waals surface area contributed by atoms with Crippen molar-refractivity contribution in [3.05, 3.63) is 107 Å². The molecule has 0 saturated carbocycles. The number of carbonyl (C=O) groups excluding carboxylic acids is 1.